The Hall–Kier alpha value is -2.17. The van der Waals surface area contributed by atoms with Gasteiger partial charge >= 0.3 is 0 Å². The average molecular weight is 311 g/mol. The van der Waals surface area contributed by atoms with Crippen molar-refractivity contribution in [2.45, 2.75) is 19.9 Å². The highest BCUT2D eigenvalue weighted by Gasteiger charge is 2.11. The van der Waals surface area contributed by atoms with E-state index in [0.717, 1.165) is 18.7 Å². The third-order valence-electron chi connectivity index (χ3n) is 3.68. The van der Waals surface area contributed by atoms with Crippen LogP contribution in [0.1, 0.15) is 18.1 Å². The molecule has 0 aliphatic carbocycles. The van der Waals surface area contributed by atoms with Crippen LogP contribution in [-0.2, 0) is 17.8 Å². The summed E-state index contributed by atoms with van der Waals surface area (Å²) in [5.41, 5.74) is 8.92. The molecule has 3 N–H and O–H groups in total. The molecule has 0 heterocycles. The van der Waals surface area contributed by atoms with Gasteiger partial charge in [0.2, 0.25) is 5.91 Å². The first-order valence-electron chi connectivity index (χ1n) is 8.06. The zero-order chi connectivity index (χ0) is 16.5. The third-order valence-corrected chi connectivity index (χ3v) is 3.68. The predicted molar refractivity (Wildman–Crippen MR) is 95.2 cm³/mol. The molecule has 0 saturated carbocycles. The highest BCUT2D eigenvalue weighted by molar-refractivity contribution is 5.92. The lowest BCUT2D eigenvalue weighted by Gasteiger charge is -2.21. The molecule has 0 atom stereocenters. The predicted octanol–water partition coefficient (Wildman–Crippen LogP) is 2.65. The topological polar surface area (TPSA) is 58.4 Å². The number of carbonyl (C=O) groups excluding carboxylic acids is 1. The molecule has 4 heteroatoms. The fraction of sp³-hybridized carbons (Fsp3) is 0.316. The molecule has 1 amide bonds. The Balaban J connectivity index is 1.94. The van der Waals surface area contributed by atoms with Gasteiger partial charge in [-0.25, -0.2) is 0 Å². The molecule has 0 saturated heterocycles. The lowest BCUT2D eigenvalue weighted by Crippen LogP contribution is -2.36. The molecule has 2 aromatic carbocycles. The van der Waals surface area contributed by atoms with Gasteiger partial charge < -0.3 is 11.1 Å². The van der Waals surface area contributed by atoms with E-state index in [0.29, 0.717) is 19.6 Å². The summed E-state index contributed by atoms with van der Waals surface area (Å²) < 4.78 is 0. The second-order valence-corrected chi connectivity index (χ2v) is 5.59. The van der Waals surface area contributed by atoms with Crippen molar-refractivity contribution >= 4 is 11.6 Å². The van der Waals surface area contributed by atoms with Crippen molar-refractivity contribution in [3.8, 4) is 0 Å². The van der Waals surface area contributed by atoms with Crippen molar-refractivity contribution in [3.05, 3.63) is 65.7 Å². The Kier molecular flexibility index (Phi) is 6.78. The number of nitrogens with two attached hydrogens (primary N) is 1. The highest BCUT2D eigenvalue weighted by Crippen LogP contribution is 2.11. The van der Waals surface area contributed by atoms with E-state index in [1.807, 2.05) is 36.4 Å². The summed E-state index contributed by atoms with van der Waals surface area (Å²) in [4.78, 5) is 14.4. The number of nitrogens with one attached hydrogen (secondary N) is 1. The van der Waals surface area contributed by atoms with Gasteiger partial charge in [-0.1, -0.05) is 49.4 Å². The van der Waals surface area contributed by atoms with Crippen LogP contribution in [0.2, 0.25) is 0 Å². The molecule has 0 aliphatic rings. The lowest BCUT2D eigenvalue weighted by molar-refractivity contribution is -0.117. The zero-order valence-electron chi connectivity index (χ0n) is 13.7. The van der Waals surface area contributed by atoms with E-state index in [4.69, 9.17) is 5.73 Å². The number of hydrogen-bond donors (Lipinski definition) is 2. The van der Waals surface area contributed by atoms with E-state index in [1.54, 1.807) is 0 Å². The lowest BCUT2D eigenvalue weighted by atomic mass is 10.1. The Morgan fingerprint density at radius 3 is 2.52 bits per heavy atom. The highest BCUT2D eigenvalue weighted by atomic mass is 16.2. The van der Waals surface area contributed by atoms with Crippen molar-refractivity contribution in [2.75, 3.05) is 25.0 Å². The van der Waals surface area contributed by atoms with Gasteiger partial charge in [0.1, 0.15) is 0 Å². The molecule has 0 bridgehead atoms. The Morgan fingerprint density at radius 2 is 1.83 bits per heavy atom. The summed E-state index contributed by atoms with van der Waals surface area (Å²) in [6.07, 6.45) is 0.955. The molecule has 0 fully saturated rings. The SMILES string of the molecule is CCc1cccc(NC(=O)CN(CCN)Cc2ccccc2)c1. The Morgan fingerprint density at radius 1 is 1.09 bits per heavy atom. The molecule has 4 nitrogen and oxygen atoms in total. The van der Waals surface area contributed by atoms with Gasteiger partial charge in [-0.3, -0.25) is 9.69 Å². The summed E-state index contributed by atoms with van der Waals surface area (Å²) in [5, 5.41) is 2.97. The molecule has 0 aromatic heterocycles. The van der Waals surface area contributed by atoms with Crippen LogP contribution in [0, 0.1) is 0 Å². The largest absolute Gasteiger partial charge is 0.329 e. The summed E-state index contributed by atoms with van der Waals surface area (Å²) in [6.45, 7) is 4.38. The summed E-state index contributed by atoms with van der Waals surface area (Å²) in [5.74, 6) is -0.0114. The molecule has 0 spiro atoms. The normalized spacial score (nSPS) is 10.7. The van der Waals surface area contributed by atoms with E-state index >= 15 is 0 Å². The summed E-state index contributed by atoms with van der Waals surface area (Å²) >= 11 is 0. The van der Waals surface area contributed by atoms with Gasteiger partial charge in [0, 0.05) is 25.3 Å². The van der Waals surface area contributed by atoms with Crippen LogP contribution < -0.4 is 11.1 Å². The number of carbonyl (C=O) groups is 1. The van der Waals surface area contributed by atoms with Crippen LogP contribution in [-0.4, -0.2) is 30.4 Å². The molecule has 23 heavy (non-hydrogen) atoms. The van der Waals surface area contributed by atoms with Crippen LogP contribution in [0.15, 0.2) is 54.6 Å². The first-order chi connectivity index (χ1) is 11.2. The van der Waals surface area contributed by atoms with Crippen LogP contribution >= 0.6 is 0 Å². The van der Waals surface area contributed by atoms with Gasteiger partial charge in [-0.15, -0.1) is 0 Å². The van der Waals surface area contributed by atoms with Crippen molar-refractivity contribution in [1.29, 1.82) is 0 Å². The molecule has 0 aliphatic heterocycles. The fourth-order valence-electron chi connectivity index (χ4n) is 2.51. The molecule has 0 radical (unpaired) electrons. The minimum absolute atomic E-state index is 0.0114. The first kappa shape index (κ1) is 17.2. The number of aryl methyl sites for hydroxylation is 1. The number of rotatable bonds is 8. The maximum Gasteiger partial charge on any atom is 0.238 e. The number of hydrogen-bond acceptors (Lipinski definition) is 3. The molecule has 0 unspecified atom stereocenters. The molecular formula is C19H25N3O. The fourth-order valence-corrected chi connectivity index (χ4v) is 2.51. The van der Waals surface area contributed by atoms with E-state index in [1.165, 1.54) is 11.1 Å². The Labute approximate surface area is 138 Å². The van der Waals surface area contributed by atoms with Crippen LogP contribution in [0.5, 0.6) is 0 Å². The second-order valence-electron chi connectivity index (χ2n) is 5.59. The zero-order valence-corrected chi connectivity index (χ0v) is 13.7. The smallest absolute Gasteiger partial charge is 0.238 e. The van der Waals surface area contributed by atoms with Crippen molar-refractivity contribution < 1.29 is 4.79 Å². The minimum Gasteiger partial charge on any atom is -0.329 e. The van der Waals surface area contributed by atoms with Crippen LogP contribution in [0.3, 0.4) is 0 Å². The van der Waals surface area contributed by atoms with Crippen molar-refractivity contribution in [3.63, 3.8) is 0 Å². The van der Waals surface area contributed by atoms with Crippen LogP contribution in [0.4, 0.5) is 5.69 Å². The Bertz CT molecular complexity index is 613. The third kappa shape index (κ3) is 5.85. The maximum absolute atomic E-state index is 12.3. The van der Waals surface area contributed by atoms with Gasteiger partial charge in [0.05, 0.1) is 6.54 Å². The standard InChI is InChI=1S/C19H25N3O/c1-2-16-9-6-10-18(13-16)21-19(23)15-22(12-11-20)14-17-7-4-3-5-8-17/h3-10,13H,2,11-12,14-15,20H2,1H3,(H,21,23). The second kappa shape index (κ2) is 9.08. The van der Waals surface area contributed by atoms with Crippen molar-refractivity contribution in [1.82, 2.24) is 4.90 Å². The number of anilines is 1. The molecule has 2 aromatic rings. The minimum atomic E-state index is -0.0114. The van der Waals surface area contributed by atoms with Crippen molar-refractivity contribution in [2.24, 2.45) is 5.73 Å². The molecular weight excluding hydrogens is 286 g/mol. The van der Waals surface area contributed by atoms with E-state index < -0.39 is 0 Å². The monoisotopic (exact) mass is 311 g/mol. The van der Waals surface area contributed by atoms with E-state index in [-0.39, 0.29) is 5.91 Å². The maximum atomic E-state index is 12.3. The van der Waals surface area contributed by atoms with E-state index in [9.17, 15) is 4.79 Å². The number of benzene rings is 2. The quantitative estimate of drug-likeness (QED) is 0.788. The molecule has 2 rings (SSSR count). The number of amides is 1. The van der Waals surface area contributed by atoms with Gasteiger partial charge in [0.15, 0.2) is 0 Å². The van der Waals surface area contributed by atoms with E-state index in [2.05, 4.69) is 35.3 Å². The summed E-state index contributed by atoms with van der Waals surface area (Å²) in [6, 6.07) is 18.1. The van der Waals surface area contributed by atoms with Gasteiger partial charge in [-0.2, -0.15) is 0 Å². The summed E-state index contributed by atoms with van der Waals surface area (Å²) in [7, 11) is 0. The average Bonchev–Trinajstić information content (AvgIpc) is 2.56. The van der Waals surface area contributed by atoms with Gasteiger partial charge in [-0.05, 0) is 29.7 Å². The van der Waals surface area contributed by atoms with Gasteiger partial charge in [0.25, 0.3) is 0 Å². The number of nitrogens with zero attached hydrogens (tertiary/aromatic N) is 1. The first-order valence-corrected chi connectivity index (χ1v) is 8.06. The molecule has 122 valence electrons. The van der Waals surface area contributed by atoms with Crippen LogP contribution in [0.25, 0.3) is 0 Å².